The molecule has 0 atom stereocenters. The molecule has 5 heteroatoms. The maximum atomic E-state index is 9.93. The van der Waals surface area contributed by atoms with Crippen molar-refractivity contribution in [2.45, 2.75) is 13.5 Å². The summed E-state index contributed by atoms with van der Waals surface area (Å²) in [7, 11) is 1.52. The van der Waals surface area contributed by atoms with E-state index in [1.807, 2.05) is 23.8 Å². The lowest BCUT2D eigenvalue weighted by Crippen LogP contribution is -1.97. The zero-order valence-electron chi connectivity index (χ0n) is 9.64. The van der Waals surface area contributed by atoms with Crippen LogP contribution in [0.5, 0.6) is 11.5 Å². The molecule has 1 N–H and O–H groups in total. The molecule has 0 bridgehead atoms. The van der Waals surface area contributed by atoms with Gasteiger partial charge in [0.25, 0.3) is 0 Å². The van der Waals surface area contributed by atoms with Crippen LogP contribution in [0.25, 0.3) is 11.4 Å². The van der Waals surface area contributed by atoms with Gasteiger partial charge < -0.3 is 14.4 Å². The minimum absolute atomic E-state index is 0.0932. The van der Waals surface area contributed by atoms with E-state index in [1.54, 1.807) is 12.3 Å². The molecular weight excluding hydrogens is 284 g/mol. The maximum Gasteiger partial charge on any atom is 0.172 e. The minimum atomic E-state index is 0.0932. The Labute approximate surface area is 108 Å². The highest BCUT2D eigenvalue weighted by Crippen LogP contribution is 2.40. The number of phenols is 1. The van der Waals surface area contributed by atoms with Crippen LogP contribution in [-0.4, -0.2) is 21.8 Å². The lowest BCUT2D eigenvalue weighted by atomic mass is 10.2. The molecule has 0 saturated heterocycles. The van der Waals surface area contributed by atoms with Crippen molar-refractivity contribution in [2.24, 2.45) is 0 Å². The van der Waals surface area contributed by atoms with Gasteiger partial charge in [-0.2, -0.15) is 0 Å². The molecule has 0 amide bonds. The molecule has 0 aliphatic heterocycles. The largest absolute Gasteiger partial charge is 0.503 e. The van der Waals surface area contributed by atoms with Gasteiger partial charge in [0.05, 0.1) is 11.6 Å². The standard InChI is InChI=1S/C12H13BrN2O2/c1-3-15-7-6-14-12(15)8-4-5-9(17-2)11(16)10(8)13/h4-7,16H,3H2,1-2H3. The highest BCUT2D eigenvalue weighted by molar-refractivity contribution is 9.10. The van der Waals surface area contributed by atoms with Crippen LogP contribution >= 0.6 is 15.9 Å². The van der Waals surface area contributed by atoms with Crippen LogP contribution in [-0.2, 0) is 6.54 Å². The smallest absolute Gasteiger partial charge is 0.172 e. The first-order chi connectivity index (χ1) is 8.19. The Morgan fingerprint density at radius 1 is 1.47 bits per heavy atom. The van der Waals surface area contributed by atoms with Crippen LogP contribution in [0.15, 0.2) is 29.0 Å². The zero-order chi connectivity index (χ0) is 12.4. The SMILES string of the molecule is CCn1ccnc1-c1ccc(OC)c(O)c1Br. The predicted octanol–water partition coefficient (Wildman–Crippen LogP) is 3.05. The molecule has 0 aliphatic rings. The van der Waals surface area contributed by atoms with E-state index in [4.69, 9.17) is 4.74 Å². The topological polar surface area (TPSA) is 47.3 Å². The predicted molar refractivity (Wildman–Crippen MR) is 69.3 cm³/mol. The van der Waals surface area contributed by atoms with Gasteiger partial charge in [0.1, 0.15) is 5.82 Å². The number of hydrogen-bond acceptors (Lipinski definition) is 3. The van der Waals surface area contributed by atoms with E-state index in [2.05, 4.69) is 20.9 Å². The molecule has 90 valence electrons. The molecule has 0 saturated carbocycles. The summed E-state index contributed by atoms with van der Waals surface area (Å²) in [4.78, 5) is 4.30. The fourth-order valence-corrected chi connectivity index (χ4v) is 2.20. The van der Waals surface area contributed by atoms with Crippen molar-refractivity contribution in [3.8, 4) is 22.9 Å². The van der Waals surface area contributed by atoms with Crippen molar-refractivity contribution in [3.63, 3.8) is 0 Å². The molecule has 1 aromatic heterocycles. The van der Waals surface area contributed by atoms with Gasteiger partial charge in [-0.1, -0.05) is 0 Å². The Bertz CT molecular complexity index is 537. The number of rotatable bonds is 3. The third-order valence-electron chi connectivity index (χ3n) is 2.60. The number of hydrogen-bond donors (Lipinski definition) is 1. The van der Waals surface area contributed by atoms with Crippen LogP contribution in [0.3, 0.4) is 0 Å². The summed E-state index contributed by atoms with van der Waals surface area (Å²) >= 11 is 3.37. The monoisotopic (exact) mass is 296 g/mol. The lowest BCUT2D eigenvalue weighted by Gasteiger charge is -2.10. The average molecular weight is 297 g/mol. The normalized spacial score (nSPS) is 10.5. The number of benzene rings is 1. The summed E-state index contributed by atoms with van der Waals surface area (Å²) in [6, 6.07) is 3.60. The number of methoxy groups -OCH3 is 1. The Hall–Kier alpha value is -1.49. The number of ether oxygens (including phenoxy) is 1. The Balaban J connectivity index is 2.57. The molecule has 0 unspecified atom stereocenters. The van der Waals surface area contributed by atoms with E-state index in [9.17, 15) is 5.11 Å². The third kappa shape index (κ3) is 2.02. The first kappa shape index (κ1) is 12.0. The molecule has 17 heavy (non-hydrogen) atoms. The minimum Gasteiger partial charge on any atom is -0.503 e. The van der Waals surface area contributed by atoms with Gasteiger partial charge in [0, 0.05) is 24.5 Å². The molecule has 0 fully saturated rings. The average Bonchev–Trinajstić information content (AvgIpc) is 2.80. The van der Waals surface area contributed by atoms with Gasteiger partial charge in [-0.25, -0.2) is 4.98 Å². The van der Waals surface area contributed by atoms with Crippen molar-refractivity contribution < 1.29 is 9.84 Å². The maximum absolute atomic E-state index is 9.93. The van der Waals surface area contributed by atoms with Crippen molar-refractivity contribution in [2.75, 3.05) is 7.11 Å². The zero-order valence-corrected chi connectivity index (χ0v) is 11.2. The lowest BCUT2D eigenvalue weighted by molar-refractivity contribution is 0.372. The molecular formula is C12H13BrN2O2. The second-order valence-electron chi connectivity index (χ2n) is 3.51. The highest BCUT2D eigenvalue weighted by atomic mass is 79.9. The second-order valence-corrected chi connectivity index (χ2v) is 4.31. The molecule has 0 radical (unpaired) electrons. The van der Waals surface area contributed by atoms with E-state index in [0.29, 0.717) is 10.2 Å². The molecule has 0 aliphatic carbocycles. The first-order valence-electron chi connectivity index (χ1n) is 5.26. The van der Waals surface area contributed by atoms with Crippen LogP contribution in [0, 0.1) is 0 Å². The first-order valence-corrected chi connectivity index (χ1v) is 6.05. The van der Waals surface area contributed by atoms with E-state index >= 15 is 0 Å². The van der Waals surface area contributed by atoms with Crippen molar-refractivity contribution in [1.29, 1.82) is 0 Å². The number of halogens is 1. The summed E-state index contributed by atoms with van der Waals surface area (Å²) < 4.78 is 7.65. The van der Waals surface area contributed by atoms with Crippen molar-refractivity contribution >= 4 is 15.9 Å². The number of aromatic nitrogens is 2. The Morgan fingerprint density at radius 2 is 2.24 bits per heavy atom. The highest BCUT2D eigenvalue weighted by Gasteiger charge is 2.15. The van der Waals surface area contributed by atoms with Crippen LogP contribution in [0.1, 0.15) is 6.92 Å². The van der Waals surface area contributed by atoms with Crippen LogP contribution in [0.2, 0.25) is 0 Å². The summed E-state index contributed by atoms with van der Waals surface area (Å²) in [5, 5.41) is 9.93. The number of imidazole rings is 1. The summed E-state index contributed by atoms with van der Waals surface area (Å²) in [5.74, 6) is 1.35. The van der Waals surface area contributed by atoms with Crippen molar-refractivity contribution in [3.05, 3.63) is 29.0 Å². The van der Waals surface area contributed by atoms with Gasteiger partial charge in [-0.3, -0.25) is 0 Å². The number of aromatic hydroxyl groups is 1. The molecule has 0 spiro atoms. The fourth-order valence-electron chi connectivity index (χ4n) is 1.69. The summed E-state index contributed by atoms with van der Waals surface area (Å²) in [6.45, 7) is 2.87. The summed E-state index contributed by atoms with van der Waals surface area (Å²) in [5.41, 5.74) is 0.843. The third-order valence-corrected chi connectivity index (χ3v) is 3.40. The number of phenolic OH excluding ortho intramolecular Hbond substituents is 1. The van der Waals surface area contributed by atoms with Gasteiger partial charge in [0.15, 0.2) is 11.5 Å². The van der Waals surface area contributed by atoms with Crippen molar-refractivity contribution in [1.82, 2.24) is 9.55 Å². The molecule has 2 aromatic rings. The Kier molecular flexibility index (Phi) is 3.38. The Morgan fingerprint density at radius 3 is 2.88 bits per heavy atom. The van der Waals surface area contributed by atoms with Crippen LogP contribution < -0.4 is 4.74 Å². The van der Waals surface area contributed by atoms with Gasteiger partial charge in [-0.05, 0) is 35.0 Å². The number of aryl methyl sites for hydroxylation is 1. The molecule has 1 heterocycles. The molecule has 1 aromatic carbocycles. The van der Waals surface area contributed by atoms with E-state index in [-0.39, 0.29) is 5.75 Å². The van der Waals surface area contributed by atoms with E-state index < -0.39 is 0 Å². The second kappa shape index (κ2) is 4.79. The van der Waals surface area contributed by atoms with E-state index in [1.165, 1.54) is 7.11 Å². The number of nitrogens with zero attached hydrogens (tertiary/aromatic N) is 2. The van der Waals surface area contributed by atoms with Crippen LogP contribution in [0.4, 0.5) is 0 Å². The van der Waals surface area contributed by atoms with E-state index in [0.717, 1.165) is 17.9 Å². The molecule has 4 nitrogen and oxygen atoms in total. The summed E-state index contributed by atoms with van der Waals surface area (Å²) in [6.07, 6.45) is 3.65. The fraction of sp³-hybridized carbons (Fsp3) is 0.250. The molecule has 2 rings (SSSR count). The van der Waals surface area contributed by atoms with Gasteiger partial charge in [-0.15, -0.1) is 0 Å². The quantitative estimate of drug-likeness (QED) is 0.947. The van der Waals surface area contributed by atoms with Gasteiger partial charge in [0.2, 0.25) is 0 Å². The van der Waals surface area contributed by atoms with Gasteiger partial charge >= 0.3 is 0 Å².